The van der Waals surface area contributed by atoms with Gasteiger partial charge in [-0.15, -0.1) is 17.8 Å². The van der Waals surface area contributed by atoms with E-state index in [-0.39, 0.29) is 13.2 Å². The van der Waals surface area contributed by atoms with Gasteiger partial charge in [0.15, 0.2) is 0 Å². The zero-order valence-electron chi connectivity index (χ0n) is 12.5. The van der Waals surface area contributed by atoms with Gasteiger partial charge < -0.3 is 10.1 Å². The number of hydrazine groups is 1. The third kappa shape index (κ3) is 5.30. The summed E-state index contributed by atoms with van der Waals surface area (Å²) in [4.78, 5) is 24.1. The molecular formula is C16H14BrN3O3S. The standard InChI is InChI=1S/C16H14BrN3O3S/c1-2-9-23-12-6-4-3-5-11(12)10-18-16(22)20-19-15(21)13-7-8-14(17)24-13/h1,3-8H,9-10H2,(H,19,21)(H2,18,20,22). The number of nitrogens with one attached hydrogen (secondary N) is 3. The van der Waals surface area contributed by atoms with E-state index in [1.54, 1.807) is 18.2 Å². The molecule has 0 aliphatic heterocycles. The summed E-state index contributed by atoms with van der Waals surface area (Å²) in [5.74, 6) is 2.60. The van der Waals surface area contributed by atoms with E-state index in [1.807, 2.05) is 18.2 Å². The van der Waals surface area contributed by atoms with Crippen molar-refractivity contribution >= 4 is 39.2 Å². The van der Waals surface area contributed by atoms with Gasteiger partial charge in [0, 0.05) is 12.1 Å². The van der Waals surface area contributed by atoms with Crippen LogP contribution in [0.25, 0.3) is 0 Å². The predicted molar refractivity (Wildman–Crippen MR) is 95.6 cm³/mol. The summed E-state index contributed by atoms with van der Waals surface area (Å²) >= 11 is 4.54. The molecule has 8 heteroatoms. The third-order valence-corrected chi connectivity index (χ3v) is 4.43. The number of para-hydroxylation sites is 1. The second-order valence-electron chi connectivity index (χ2n) is 4.47. The minimum Gasteiger partial charge on any atom is -0.481 e. The fraction of sp³-hybridized carbons (Fsp3) is 0.125. The molecule has 0 unspecified atom stereocenters. The van der Waals surface area contributed by atoms with Gasteiger partial charge in [-0.25, -0.2) is 10.2 Å². The third-order valence-electron chi connectivity index (χ3n) is 2.81. The Bertz CT molecular complexity index is 770. The van der Waals surface area contributed by atoms with Crippen LogP contribution in [0.5, 0.6) is 5.75 Å². The van der Waals surface area contributed by atoms with Crippen molar-refractivity contribution in [3.05, 3.63) is 50.6 Å². The van der Waals surface area contributed by atoms with E-state index in [1.165, 1.54) is 11.3 Å². The lowest BCUT2D eigenvalue weighted by atomic mass is 10.2. The molecule has 0 aliphatic carbocycles. The van der Waals surface area contributed by atoms with E-state index < -0.39 is 11.9 Å². The SMILES string of the molecule is C#CCOc1ccccc1CNC(=O)NNC(=O)c1ccc(Br)s1. The second-order valence-corrected chi connectivity index (χ2v) is 6.93. The number of carbonyl (C=O) groups excluding carboxylic acids is 2. The molecular weight excluding hydrogens is 394 g/mol. The lowest BCUT2D eigenvalue weighted by molar-refractivity contribution is 0.0940. The summed E-state index contributed by atoms with van der Waals surface area (Å²) in [5, 5.41) is 2.63. The summed E-state index contributed by atoms with van der Waals surface area (Å²) in [6.45, 7) is 0.378. The average molecular weight is 408 g/mol. The first-order valence-corrected chi connectivity index (χ1v) is 8.45. The molecule has 6 nitrogen and oxygen atoms in total. The minimum absolute atomic E-state index is 0.148. The number of rotatable bonds is 5. The van der Waals surface area contributed by atoms with E-state index in [0.717, 1.165) is 9.35 Å². The maximum atomic E-state index is 11.8. The van der Waals surface area contributed by atoms with Gasteiger partial charge in [-0.3, -0.25) is 10.2 Å². The van der Waals surface area contributed by atoms with Crippen LogP contribution in [0.2, 0.25) is 0 Å². The molecule has 3 N–H and O–H groups in total. The fourth-order valence-electron chi connectivity index (χ4n) is 1.74. The van der Waals surface area contributed by atoms with E-state index in [2.05, 4.69) is 38.0 Å². The number of halogens is 1. The van der Waals surface area contributed by atoms with E-state index in [4.69, 9.17) is 11.2 Å². The normalized spacial score (nSPS) is 9.67. The Kier molecular flexibility index (Phi) is 6.66. The maximum Gasteiger partial charge on any atom is 0.333 e. The molecule has 1 aromatic heterocycles. The summed E-state index contributed by atoms with van der Waals surface area (Å²) in [6, 6.07) is 10.1. The van der Waals surface area contributed by atoms with Crippen LogP contribution in [0.4, 0.5) is 4.79 Å². The molecule has 2 aromatic rings. The molecule has 0 atom stereocenters. The smallest absolute Gasteiger partial charge is 0.333 e. The Labute approximate surface area is 151 Å². The molecule has 3 amide bonds. The number of urea groups is 1. The van der Waals surface area contributed by atoms with Gasteiger partial charge in [0.25, 0.3) is 5.91 Å². The van der Waals surface area contributed by atoms with Crippen LogP contribution in [-0.4, -0.2) is 18.5 Å². The molecule has 0 radical (unpaired) electrons. The Hall–Kier alpha value is -2.50. The van der Waals surface area contributed by atoms with Crippen molar-refractivity contribution in [3.63, 3.8) is 0 Å². The molecule has 1 aromatic carbocycles. The average Bonchev–Trinajstić information content (AvgIpc) is 3.03. The van der Waals surface area contributed by atoms with Crippen molar-refractivity contribution in [2.24, 2.45) is 0 Å². The summed E-state index contributed by atoms with van der Waals surface area (Å²) in [5.41, 5.74) is 5.39. The highest BCUT2D eigenvalue weighted by molar-refractivity contribution is 9.11. The van der Waals surface area contributed by atoms with Crippen molar-refractivity contribution in [2.75, 3.05) is 6.61 Å². The fourth-order valence-corrected chi connectivity index (χ4v) is 3.02. The van der Waals surface area contributed by atoms with Crippen LogP contribution in [0.3, 0.4) is 0 Å². The number of hydrogen-bond donors (Lipinski definition) is 3. The summed E-state index contributed by atoms with van der Waals surface area (Å²) in [7, 11) is 0. The predicted octanol–water partition coefficient (Wildman–Crippen LogP) is 2.67. The summed E-state index contributed by atoms with van der Waals surface area (Å²) < 4.78 is 6.23. The highest BCUT2D eigenvalue weighted by Crippen LogP contribution is 2.21. The Balaban J connectivity index is 1.81. The van der Waals surface area contributed by atoms with Gasteiger partial charge in [-0.1, -0.05) is 24.1 Å². The van der Waals surface area contributed by atoms with E-state index in [0.29, 0.717) is 10.6 Å². The van der Waals surface area contributed by atoms with Crippen molar-refractivity contribution in [1.82, 2.24) is 16.2 Å². The number of thiophene rings is 1. The molecule has 0 spiro atoms. The van der Waals surface area contributed by atoms with Crippen LogP contribution >= 0.6 is 27.3 Å². The highest BCUT2D eigenvalue weighted by Gasteiger charge is 2.10. The van der Waals surface area contributed by atoms with Crippen LogP contribution in [0.1, 0.15) is 15.2 Å². The topological polar surface area (TPSA) is 79.5 Å². The van der Waals surface area contributed by atoms with Gasteiger partial charge >= 0.3 is 6.03 Å². The lowest BCUT2D eigenvalue weighted by Crippen LogP contribution is -2.46. The van der Waals surface area contributed by atoms with E-state index in [9.17, 15) is 9.59 Å². The first-order chi connectivity index (χ1) is 11.6. The van der Waals surface area contributed by atoms with Crippen molar-refractivity contribution in [2.45, 2.75) is 6.54 Å². The second kappa shape index (κ2) is 8.96. The van der Waals surface area contributed by atoms with Crippen LogP contribution in [0, 0.1) is 12.3 Å². The van der Waals surface area contributed by atoms with Crippen LogP contribution in [0.15, 0.2) is 40.2 Å². The maximum absolute atomic E-state index is 11.8. The monoisotopic (exact) mass is 407 g/mol. The van der Waals surface area contributed by atoms with Gasteiger partial charge in [0.05, 0.1) is 8.66 Å². The zero-order chi connectivity index (χ0) is 17.4. The molecule has 0 fully saturated rings. The van der Waals surface area contributed by atoms with E-state index >= 15 is 0 Å². The van der Waals surface area contributed by atoms with Crippen molar-refractivity contribution in [1.29, 1.82) is 0 Å². The van der Waals surface area contributed by atoms with Gasteiger partial charge in [0.1, 0.15) is 12.4 Å². The molecule has 0 saturated carbocycles. The number of terminal acetylenes is 1. The van der Waals surface area contributed by atoms with Crippen molar-refractivity contribution < 1.29 is 14.3 Å². The molecule has 0 saturated heterocycles. The first-order valence-electron chi connectivity index (χ1n) is 6.84. The number of carbonyl (C=O) groups is 2. The molecule has 1 heterocycles. The Morgan fingerprint density at radius 3 is 2.71 bits per heavy atom. The van der Waals surface area contributed by atoms with Crippen LogP contribution in [-0.2, 0) is 6.54 Å². The zero-order valence-corrected chi connectivity index (χ0v) is 14.9. The molecule has 124 valence electrons. The number of amides is 3. The molecule has 0 aliphatic rings. The number of benzene rings is 1. The quantitative estimate of drug-likeness (QED) is 0.526. The Morgan fingerprint density at radius 2 is 2.00 bits per heavy atom. The van der Waals surface area contributed by atoms with Crippen molar-refractivity contribution in [3.8, 4) is 18.1 Å². The summed E-state index contributed by atoms with van der Waals surface area (Å²) in [6.07, 6.45) is 5.17. The molecule has 24 heavy (non-hydrogen) atoms. The lowest BCUT2D eigenvalue weighted by Gasteiger charge is -2.11. The number of hydrogen-bond acceptors (Lipinski definition) is 4. The van der Waals surface area contributed by atoms with Gasteiger partial charge in [-0.2, -0.15) is 0 Å². The van der Waals surface area contributed by atoms with Crippen LogP contribution < -0.4 is 20.9 Å². The largest absolute Gasteiger partial charge is 0.481 e. The van der Waals surface area contributed by atoms with Gasteiger partial charge in [0.2, 0.25) is 0 Å². The first kappa shape index (κ1) is 17.8. The minimum atomic E-state index is -0.536. The van der Waals surface area contributed by atoms with Gasteiger partial charge in [-0.05, 0) is 34.1 Å². The number of ether oxygens (including phenoxy) is 1. The Morgan fingerprint density at radius 1 is 1.21 bits per heavy atom. The molecule has 0 bridgehead atoms. The molecule has 2 rings (SSSR count). The highest BCUT2D eigenvalue weighted by atomic mass is 79.9.